The summed E-state index contributed by atoms with van der Waals surface area (Å²) in [6.07, 6.45) is 0. The van der Waals surface area contributed by atoms with E-state index in [-0.39, 0.29) is 35.9 Å². The molecule has 3 amide bonds. The van der Waals surface area contributed by atoms with Gasteiger partial charge >= 0.3 is 0 Å². The van der Waals surface area contributed by atoms with E-state index in [4.69, 9.17) is 12.2 Å². The molecule has 8 nitrogen and oxygen atoms in total. The van der Waals surface area contributed by atoms with Crippen LogP contribution in [0.5, 0.6) is 0 Å². The van der Waals surface area contributed by atoms with Crippen molar-refractivity contribution in [2.24, 2.45) is 0 Å². The average Bonchev–Trinajstić information content (AvgIpc) is 3.27. The Morgan fingerprint density at radius 1 is 1.16 bits per heavy atom. The summed E-state index contributed by atoms with van der Waals surface area (Å²) in [7, 11) is 0. The number of thioether (sulfide) groups is 1. The van der Waals surface area contributed by atoms with Gasteiger partial charge in [0.25, 0.3) is 5.24 Å². The molecule has 1 fully saturated rings. The van der Waals surface area contributed by atoms with Gasteiger partial charge in [-0.15, -0.1) is 0 Å². The molecule has 158 valence electrons. The third kappa shape index (κ3) is 4.75. The van der Waals surface area contributed by atoms with E-state index in [1.54, 1.807) is 28.8 Å². The highest BCUT2D eigenvalue weighted by Gasteiger charge is 2.29. The van der Waals surface area contributed by atoms with E-state index < -0.39 is 0 Å². The second-order valence-electron chi connectivity index (χ2n) is 7.08. The van der Waals surface area contributed by atoms with Gasteiger partial charge < -0.3 is 5.32 Å². The Balaban J connectivity index is 1.42. The van der Waals surface area contributed by atoms with Gasteiger partial charge in [-0.05, 0) is 36.8 Å². The number of H-pyrrole nitrogens is 1. The second-order valence-corrected chi connectivity index (χ2v) is 8.40. The predicted octanol–water partition coefficient (Wildman–Crippen LogP) is 3.75. The fourth-order valence-corrected chi connectivity index (χ4v) is 4.06. The normalized spacial score (nSPS) is 13.6. The molecule has 0 atom stereocenters. The maximum Gasteiger partial charge on any atom is 0.289 e. The molecule has 31 heavy (non-hydrogen) atoms. The Hall–Kier alpha value is -3.24. The van der Waals surface area contributed by atoms with Crippen LogP contribution in [0.2, 0.25) is 0 Å². The highest BCUT2D eigenvalue weighted by molar-refractivity contribution is 8.14. The van der Waals surface area contributed by atoms with Gasteiger partial charge in [0, 0.05) is 11.3 Å². The number of nitrogens with one attached hydrogen (secondary N) is 2. The smallest absolute Gasteiger partial charge is 0.289 e. The Bertz CT molecular complexity index is 1180. The van der Waals surface area contributed by atoms with Crippen LogP contribution in [0.1, 0.15) is 11.1 Å². The van der Waals surface area contributed by atoms with Crippen molar-refractivity contribution >= 4 is 46.7 Å². The molecule has 1 aromatic heterocycles. The molecular weight excluding hydrogens is 434 g/mol. The minimum Gasteiger partial charge on any atom is -0.325 e. The molecule has 10 heteroatoms. The molecule has 2 N–H and O–H groups in total. The number of aromatic nitrogens is 3. The summed E-state index contributed by atoms with van der Waals surface area (Å²) in [5.74, 6) is 0.343. The molecule has 1 aliphatic heterocycles. The first kappa shape index (κ1) is 21.0. The van der Waals surface area contributed by atoms with E-state index in [1.807, 2.05) is 31.2 Å². The van der Waals surface area contributed by atoms with Crippen LogP contribution < -0.4 is 5.32 Å². The number of carbonyl (C=O) groups is 3. The third-order valence-electron chi connectivity index (χ3n) is 4.79. The number of hydrogen-bond acceptors (Lipinski definition) is 6. The van der Waals surface area contributed by atoms with Crippen LogP contribution in [0.4, 0.5) is 10.5 Å². The Morgan fingerprint density at radius 3 is 2.52 bits per heavy atom. The van der Waals surface area contributed by atoms with E-state index >= 15 is 0 Å². The largest absolute Gasteiger partial charge is 0.325 e. The number of aryl methyl sites for hydroxylation is 1. The first-order valence-corrected chi connectivity index (χ1v) is 10.9. The molecule has 2 aromatic carbocycles. The summed E-state index contributed by atoms with van der Waals surface area (Å²) in [5.41, 5.74) is 3.40. The lowest BCUT2D eigenvalue weighted by Crippen LogP contribution is -2.27. The minimum atomic E-state index is -0.250. The number of anilines is 1. The fraction of sp³-hybridized carbons (Fsp3) is 0.190. The predicted molar refractivity (Wildman–Crippen MR) is 121 cm³/mol. The van der Waals surface area contributed by atoms with Crippen LogP contribution in [0, 0.1) is 11.7 Å². The quantitative estimate of drug-likeness (QED) is 0.552. The summed E-state index contributed by atoms with van der Waals surface area (Å²) in [4.78, 5) is 37.3. The first-order chi connectivity index (χ1) is 14.9. The van der Waals surface area contributed by atoms with E-state index in [1.165, 1.54) is 4.90 Å². The van der Waals surface area contributed by atoms with Gasteiger partial charge in [0.15, 0.2) is 10.6 Å². The molecule has 0 aliphatic carbocycles. The molecule has 1 aliphatic rings. The molecule has 0 spiro atoms. The van der Waals surface area contributed by atoms with Gasteiger partial charge in [-0.25, -0.2) is 0 Å². The number of hydrogen-bond donors (Lipinski definition) is 2. The summed E-state index contributed by atoms with van der Waals surface area (Å²) in [5, 5.41) is 9.60. The summed E-state index contributed by atoms with van der Waals surface area (Å²) >= 11 is 6.30. The molecule has 0 saturated carbocycles. The highest BCUT2D eigenvalue weighted by Crippen LogP contribution is 2.22. The second kappa shape index (κ2) is 8.86. The van der Waals surface area contributed by atoms with Crippen LogP contribution in [0.25, 0.3) is 11.4 Å². The Kier molecular flexibility index (Phi) is 6.01. The molecule has 3 aromatic rings. The van der Waals surface area contributed by atoms with Gasteiger partial charge in [0.2, 0.25) is 11.8 Å². The third-order valence-corrected chi connectivity index (χ3v) is 5.96. The van der Waals surface area contributed by atoms with E-state index in [0.29, 0.717) is 16.3 Å². The van der Waals surface area contributed by atoms with Gasteiger partial charge in [-0.2, -0.15) is 5.10 Å². The number of nitrogens with zero attached hydrogens (tertiary/aromatic N) is 3. The molecule has 4 rings (SSSR count). The molecule has 0 radical (unpaired) electrons. The van der Waals surface area contributed by atoms with Crippen LogP contribution in [0.15, 0.2) is 48.5 Å². The van der Waals surface area contributed by atoms with Gasteiger partial charge in [0.1, 0.15) is 6.54 Å². The highest BCUT2D eigenvalue weighted by atomic mass is 32.2. The zero-order valence-corrected chi connectivity index (χ0v) is 18.3. The monoisotopic (exact) mass is 453 g/mol. The maximum atomic E-state index is 12.6. The average molecular weight is 454 g/mol. The lowest BCUT2D eigenvalue weighted by molar-refractivity contribution is -0.125. The van der Waals surface area contributed by atoms with E-state index in [0.717, 1.165) is 28.5 Å². The zero-order valence-electron chi connectivity index (χ0n) is 16.6. The summed E-state index contributed by atoms with van der Waals surface area (Å²) in [6, 6.07) is 14.8. The lowest BCUT2D eigenvalue weighted by Gasteiger charge is -2.13. The van der Waals surface area contributed by atoms with Crippen molar-refractivity contribution in [1.82, 2.24) is 19.7 Å². The minimum absolute atomic E-state index is 0.00823. The van der Waals surface area contributed by atoms with Crippen molar-refractivity contribution in [1.29, 1.82) is 0 Å². The van der Waals surface area contributed by atoms with Crippen LogP contribution in [0.3, 0.4) is 0 Å². The number of benzene rings is 2. The Labute approximate surface area is 187 Å². The van der Waals surface area contributed by atoms with Gasteiger partial charge in [0.05, 0.1) is 12.3 Å². The van der Waals surface area contributed by atoms with Crippen molar-refractivity contribution in [3.8, 4) is 11.4 Å². The maximum absolute atomic E-state index is 12.6. The van der Waals surface area contributed by atoms with E-state index in [2.05, 4.69) is 15.5 Å². The standard InChI is InChI=1S/C21H19N5O3S2/c1-13-2-6-15(7-3-13)19-23-24-20(30)26(19)11-17(27)22-16-8-4-14(5-9-16)10-25-18(28)12-31-21(25)29/h2-9H,10-12H2,1H3,(H,22,27)(H,24,30). The van der Waals surface area contributed by atoms with Crippen LogP contribution in [-0.2, 0) is 22.7 Å². The van der Waals surface area contributed by atoms with Crippen molar-refractivity contribution < 1.29 is 14.4 Å². The lowest BCUT2D eigenvalue weighted by atomic mass is 10.1. The first-order valence-electron chi connectivity index (χ1n) is 9.49. The number of aromatic amines is 1. The number of imide groups is 1. The number of carbonyl (C=O) groups excluding carboxylic acids is 3. The topological polar surface area (TPSA) is 100 Å². The molecule has 0 bridgehead atoms. The Morgan fingerprint density at radius 2 is 1.87 bits per heavy atom. The number of amides is 3. The van der Waals surface area contributed by atoms with Gasteiger partial charge in [-0.3, -0.25) is 28.9 Å². The van der Waals surface area contributed by atoms with Crippen LogP contribution >= 0.6 is 24.0 Å². The van der Waals surface area contributed by atoms with Crippen molar-refractivity contribution in [3.63, 3.8) is 0 Å². The van der Waals surface area contributed by atoms with Gasteiger partial charge in [-0.1, -0.05) is 53.7 Å². The summed E-state index contributed by atoms with van der Waals surface area (Å²) in [6.45, 7) is 2.23. The molecule has 1 saturated heterocycles. The SMILES string of the molecule is Cc1ccc(-c2n[nH]c(=S)n2CC(=O)Nc2ccc(CN3C(=O)CSC3=O)cc2)cc1. The van der Waals surface area contributed by atoms with Crippen LogP contribution in [-0.4, -0.2) is 42.5 Å². The van der Waals surface area contributed by atoms with Crippen molar-refractivity contribution in [2.45, 2.75) is 20.0 Å². The van der Waals surface area contributed by atoms with Crippen molar-refractivity contribution in [3.05, 3.63) is 64.4 Å². The molecular formula is C21H19N5O3S2. The molecule has 2 heterocycles. The van der Waals surface area contributed by atoms with E-state index in [9.17, 15) is 14.4 Å². The molecule has 0 unspecified atom stereocenters. The fourth-order valence-electron chi connectivity index (χ4n) is 3.14. The zero-order chi connectivity index (χ0) is 22.0. The van der Waals surface area contributed by atoms with Crippen molar-refractivity contribution in [2.75, 3.05) is 11.1 Å². The summed E-state index contributed by atoms with van der Waals surface area (Å²) < 4.78 is 2.00. The number of rotatable bonds is 6.